The summed E-state index contributed by atoms with van der Waals surface area (Å²) in [5.41, 5.74) is 1.59. The third kappa shape index (κ3) is 3.43. The first kappa shape index (κ1) is 17.0. The predicted octanol–water partition coefficient (Wildman–Crippen LogP) is 1.33. The summed E-state index contributed by atoms with van der Waals surface area (Å²) in [6.07, 6.45) is 2.55. The number of carbonyl (C=O) groups is 1. The first-order chi connectivity index (χ1) is 12.6. The van der Waals surface area contributed by atoms with Crippen LogP contribution in [0.5, 0.6) is 0 Å². The minimum atomic E-state index is -0.133. The fourth-order valence-corrected chi connectivity index (χ4v) is 3.85. The van der Waals surface area contributed by atoms with Gasteiger partial charge in [-0.3, -0.25) is 14.5 Å². The number of carbonyl (C=O) groups excluding carboxylic acids is 1. The van der Waals surface area contributed by atoms with Gasteiger partial charge in [0.1, 0.15) is 0 Å². The van der Waals surface area contributed by atoms with Crippen molar-refractivity contribution in [1.29, 1.82) is 0 Å². The van der Waals surface area contributed by atoms with Gasteiger partial charge in [-0.05, 0) is 18.1 Å². The minimum Gasteiger partial charge on any atom is -0.371 e. The summed E-state index contributed by atoms with van der Waals surface area (Å²) in [5, 5.41) is 3.10. The molecule has 0 radical (unpaired) electrons. The third-order valence-corrected chi connectivity index (χ3v) is 5.27. The normalized spacial score (nSPS) is 25.7. The van der Waals surface area contributed by atoms with Crippen molar-refractivity contribution in [2.75, 3.05) is 19.7 Å². The highest BCUT2D eigenvalue weighted by atomic mass is 16.5. The monoisotopic (exact) mass is 353 g/mol. The molecule has 1 N–H and O–H groups in total. The molecule has 0 saturated carbocycles. The Morgan fingerprint density at radius 1 is 1.15 bits per heavy atom. The molecule has 1 aromatic heterocycles. The molecule has 0 unspecified atom stereocenters. The fraction of sp³-hybridized carbons (Fsp3) is 0.400. The van der Waals surface area contributed by atoms with Gasteiger partial charge in [-0.2, -0.15) is 0 Å². The number of amides is 1. The van der Waals surface area contributed by atoms with Crippen LogP contribution in [0.15, 0.2) is 53.5 Å². The zero-order chi connectivity index (χ0) is 18.1. The molecule has 0 aliphatic carbocycles. The molecular weight excluding hydrogens is 330 g/mol. The van der Waals surface area contributed by atoms with Gasteiger partial charge < -0.3 is 14.6 Å². The maximum Gasteiger partial charge on any atom is 0.253 e. The number of benzene rings is 1. The quantitative estimate of drug-likeness (QED) is 0.904. The van der Waals surface area contributed by atoms with Crippen LogP contribution < -0.4 is 10.9 Å². The van der Waals surface area contributed by atoms with Crippen molar-refractivity contribution in [2.45, 2.75) is 24.6 Å². The molecule has 1 amide bonds. The predicted molar refractivity (Wildman–Crippen MR) is 98.1 cm³/mol. The van der Waals surface area contributed by atoms with Crippen molar-refractivity contribution in [1.82, 2.24) is 14.8 Å². The molecule has 136 valence electrons. The highest BCUT2D eigenvalue weighted by Crippen LogP contribution is 2.30. The van der Waals surface area contributed by atoms with Gasteiger partial charge in [-0.1, -0.05) is 30.3 Å². The van der Waals surface area contributed by atoms with Crippen LogP contribution in [0.3, 0.4) is 0 Å². The lowest BCUT2D eigenvalue weighted by molar-refractivity contribution is -0.0502. The van der Waals surface area contributed by atoms with E-state index < -0.39 is 0 Å². The van der Waals surface area contributed by atoms with Crippen LogP contribution in [0.2, 0.25) is 0 Å². The molecule has 0 spiro atoms. The Hall–Kier alpha value is -2.44. The molecule has 1 aromatic carbocycles. The highest BCUT2D eigenvalue weighted by molar-refractivity contribution is 5.94. The molecular formula is C20H23N3O3. The minimum absolute atomic E-state index is 0.0885. The molecule has 2 aliphatic rings. The second kappa shape index (κ2) is 7.05. The molecule has 2 fully saturated rings. The summed E-state index contributed by atoms with van der Waals surface area (Å²) in [6.45, 7) is 2.36. The topological polar surface area (TPSA) is 63.6 Å². The van der Waals surface area contributed by atoms with Crippen LogP contribution in [-0.4, -0.2) is 47.2 Å². The van der Waals surface area contributed by atoms with Gasteiger partial charge in [-0.15, -0.1) is 0 Å². The van der Waals surface area contributed by atoms with Crippen molar-refractivity contribution in [3.63, 3.8) is 0 Å². The smallest absolute Gasteiger partial charge is 0.253 e. The summed E-state index contributed by atoms with van der Waals surface area (Å²) in [7, 11) is 1.65. The average Bonchev–Trinajstić information content (AvgIpc) is 3.06. The van der Waals surface area contributed by atoms with Gasteiger partial charge in [0, 0.05) is 44.5 Å². The Labute approximate surface area is 152 Å². The number of nitrogens with zero attached hydrogens (tertiary/aromatic N) is 2. The number of fused-ring (bicyclic) bond motifs is 1. The van der Waals surface area contributed by atoms with Gasteiger partial charge in [0.25, 0.3) is 5.91 Å². The second-order valence-electron chi connectivity index (χ2n) is 7.11. The standard InChI is InChI=1S/C20H23N3O3/c1-22-10-15(7-8-19(22)24)20(25)21-16-9-17-13-26-18(12-23(17)11-16)14-5-3-2-4-6-14/h2-8,10,16-18H,9,11-13H2,1H3,(H,21,25)/t16-,17-,18+/m0/s1. The van der Waals surface area contributed by atoms with Crippen LogP contribution in [-0.2, 0) is 11.8 Å². The molecule has 3 atom stereocenters. The van der Waals surface area contributed by atoms with E-state index in [1.54, 1.807) is 19.3 Å². The summed E-state index contributed by atoms with van der Waals surface area (Å²) < 4.78 is 7.47. The van der Waals surface area contributed by atoms with Gasteiger partial charge in [0.15, 0.2) is 0 Å². The van der Waals surface area contributed by atoms with Crippen LogP contribution >= 0.6 is 0 Å². The van der Waals surface area contributed by atoms with E-state index in [2.05, 4.69) is 22.3 Å². The second-order valence-corrected chi connectivity index (χ2v) is 7.11. The fourth-order valence-electron chi connectivity index (χ4n) is 3.85. The van der Waals surface area contributed by atoms with Crippen LogP contribution in [0.4, 0.5) is 0 Å². The van der Waals surface area contributed by atoms with Crippen molar-refractivity contribution in [3.05, 3.63) is 70.1 Å². The largest absolute Gasteiger partial charge is 0.371 e. The lowest BCUT2D eigenvalue weighted by atomic mass is 10.1. The number of aromatic nitrogens is 1. The molecule has 6 heteroatoms. The van der Waals surface area contributed by atoms with Gasteiger partial charge in [0.2, 0.25) is 5.56 Å². The molecule has 4 rings (SSSR count). The van der Waals surface area contributed by atoms with Crippen molar-refractivity contribution in [3.8, 4) is 0 Å². The Balaban J connectivity index is 1.38. The Bertz CT molecular complexity index is 849. The first-order valence-corrected chi connectivity index (χ1v) is 8.98. The molecule has 0 bridgehead atoms. The van der Waals surface area contributed by atoms with E-state index in [1.165, 1.54) is 16.2 Å². The molecule has 26 heavy (non-hydrogen) atoms. The van der Waals surface area contributed by atoms with E-state index in [4.69, 9.17) is 4.74 Å². The summed E-state index contributed by atoms with van der Waals surface area (Å²) >= 11 is 0. The third-order valence-electron chi connectivity index (χ3n) is 5.27. The number of aryl methyl sites for hydroxylation is 1. The van der Waals surface area contributed by atoms with Crippen molar-refractivity contribution < 1.29 is 9.53 Å². The van der Waals surface area contributed by atoms with Gasteiger partial charge >= 0.3 is 0 Å². The van der Waals surface area contributed by atoms with Crippen LogP contribution in [0, 0.1) is 0 Å². The lowest BCUT2D eigenvalue weighted by Gasteiger charge is -2.35. The van der Waals surface area contributed by atoms with Crippen LogP contribution in [0.25, 0.3) is 0 Å². The lowest BCUT2D eigenvalue weighted by Crippen LogP contribution is -2.43. The van der Waals surface area contributed by atoms with E-state index in [0.717, 1.165) is 19.5 Å². The van der Waals surface area contributed by atoms with E-state index in [0.29, 0.717) is 18.2 Å². The molecule has 2 aliphatic heterocycles. The van der Waals surface area contributed by atoms with E-state index in [9.17, 15) is 9.59 Å². The van der Waals surface area contributed by atoms with Gasteiger partial charge in [-0.25, -0.2) is 0 Å². The Morgan fingerprint density at radius 3 is 2.73 bits per heavy atom. The van der Waals surface area contributed by atoms with Crippen LogP contribution in [0.1, 0.15) is 28.4 Å². The molecule has 2 aromatic rings. The number of morpholine rings is 1. The first-order valence-electron chi connectivity index (χ1n) is 8.98. The number of rotatable bonds is 3. The molecule has 2 saturated heterocycles. The number of hydrogen-bond donors (Lipinski definition) is 1. The maximum absolute atomic E-state index is 12.5. The average molecular weight is 353 g/mol. The maximum atomic E-state index is 12.5. The Morgan fingerprint density at radius 2 is 1.96 bits per heavy atom. The number of nitrogens with one attached hydrogen (secondary N) is 1. The zero-order valence-electron chi connectivity index (χ0n) is 14.8. The van der Waals surface area contributed by atoms with Crippen molar-refractivity contribution >= 4 is 5.91 Å². The van der Waals surface area contributed by atoms with Crippen molar-refractivity contribution in [2.24, 2.45) is 7.05 Å². The number of pyridine rings is 1. The summed E-state index contributed by atoms with van der Waals surface area (Å²) in [6, 6.07) is 13.7. The zero-order valence-corrected chi connectivity index (χ0v) is 14.8. The van der Waals surface area contributed by atoms with E-state index in [-0.39, 0.29) is 23.6 Å². The van der Waals surface area contributed by atoms with E-state index in [1.807, 2.05) is 18.2 Å². The number of hydrogen-bond acceptors (Lipinski definition) is 4. The Kier molecular flexibility index (Phi) is 4.61. The summed E-state index contributed by atoms with van der Waals surface area (Å²) in [4.78, 5) is 26.4. The van der Waals surface area contributed by atoms with E-state index >= 15 is 0 Å². The van der Waals surface area contributed by atoms with Gasteiger partial charge in [0.05, 0.1) is 18.3 Å². The number of ether oxygens (including phenoxy) is 1. The summed E-state index contributed by atoms with van der Waals surface area (Å²) in [5.74, 6) is -0.133. The molecule has 3 heterocycles. The molecule has 6 nitrogen and oxygen atoms in total. The highest BCUT2D eigenvalue weighted by Gasteiger charge is 2.38. The SMILES string of the molecule is Cn1cc(C(=O)N[C@H]2C[C@H]3CO[C@@H](c4ccccc4)CN3C2)ccc1=O.